The van der Waals surface area contributed by atoms with E-state index < -0.39 is 6.04 Å². The number of benzene rings is 2. The molecule has 2 aromatic rings. The van der Waals surface area contributed by atoms with E-state index in [1.165, 1.54) is 17.8 Å². The zero-order valence-electron chi connectivity index (χ0n) is 17.0. The van der Waals surface area contributed by atoms with Gasteiger partial charge in [0.25, 0.3) is 0 Å². The molecule has 0 bridgehead atoms. The Morgan fingerprint density at radius 1 is 1.21 bits per heavy atom. The summed E-state index contributed by atoms with van der Waals surface area (Å²) in [5, 5.41) is 2.64. The first-order valence-electron chi connectivity index (χ1n) is 9.45. The predicted octanol–water partition coefficient (Wildman–Crippen LogP) is 3.62. The number of likely N-dealkylation sites (N-methyl/N-ethyl adjacent to an activating group) is 1. The van der Waals surface area contributed by atoms with Crippen LogP contribution < -0.4 is 10.1 Å². The number of nitrogens with zero attached hydrogens (tertiary/aromatic N) is 1. The van der Waals surface area contributed by atoms with Crippen LogP contribution in [0.15, 0.2) is 48.5 Å². The summed E-state index contributed by atoms with van der Waals surface area (Å²) in [4.78, 5) is 26.9. The molecule has 2 rings (SSSR count). The predicted molar refractivity (Wildman–Crippen MR) is 114 cm³/mol. The number of carbonyl (C=O) groups is 2. The van der Waals surface area contributed by atoms with Crippen LogP contribution in [0.25, 0.3) is 0 Å². The van der Waals surface area contributed by atoms with Crippen LogP contribution in [-0.4, -0.2) is 42.7 Å². The van der Waals surface area contributed by atoms with Crippen LogP contribution in [0.1, 0.15) is 24.5 Å². The van der Waals surface area contributed by atoms with Gasteiger partial charge in [0.2, 0.25) is 11.8 Å². The van der Waals surface area contributed by atoms with E-state index in [9.17, 15) is 14.0 Å². The third-order valence-corrected chi connectivity index (χ3v) is 5.53. The topological polar surface area (TPSA) is 58.6 Å². The number of ether oxygens (including phenoxy) is 1. The van der Waals surface area contributed by atoms with Gasteiger partial charge >= 0.3 is 0 Å². The molecule has 0 aliphatic rings. The van der Waals surface area contributed by atoms with Crippen LogP contribution in [0, 0.1) is 5.82 Å². The molecule has 5 nitrogen and oxygen atoms in total. The Balaban J connectivity index is 2.13. The third kappa shape index (κ3) is 6.49. The van der Waals surface area contributed by atoms with E-state index in [0.717, 1.165) is 5.56 Å². The smallest absolute Gasteiger partial charge is 0.242 e. The maximum absolute atomic E-state index is 13.8. The Hall–Kier alpha value is -2.54. The lowest BCUT2D eigenvalue weighted by Crippen LogP contribution is -2.48. The van der Waals surface area contributed by atoms with Crippen LogP contribution >= 0.6 is 11.8 Å². The van der Waals surface area contributed by atoms with E-state index in [-0.39, 0.29) is 23.4 Å². The minimum absolute atomic E-state index is 0.159. The van der Waals surface area contributed by atoms with Gasteiger partial charge in [0.05, 0.1) is 12.9 Å². The molecule has 1 atom stereocenters. The highest BCUT2D eigenvalue weighted by Gasteiger charge is 2.28. The highest BCUT2D eigenvalue weighted by atomic mass is 32.2. The van der Waals surface area contributed by atoms with E-state index in [4.69, 9.17) is 4.74 Å². The van der Waals surface area contributed by atoms with Gasteiger partial charge < -0.3 is 15.0 Å². The van der Waals surface area contributed by atoms with Gasteiger partial charge in [-0.25, -0.2) is 4.39 Å². The molecule has 0 aliphatic carbocycles. The third-order valence-electron chi connectivity index (χ3n) is 4.56. The van der Waals surface area contributed by atoms with Gasteiger partial charge in [0.1, 0.15) is 17.6 Å². The molecule has 0 radical (unpaired) electrons. The van der Waals surface area contributed by atoms with Gasteiger partial charge in [-0.05, 0) is 35.7 Å². The fourth-order valence-corrected chi connectivity index (χ4v) is 3.90. The van der Waals surface area contributed by atoms with Crippen molar-refractivity contribution in [3.05, 3.63) is 65.5 Å². The molecule has 0 saturated heterocycles. The number of methoxy groups -OCH3 is 1. The first-order valence-corrected chi connectivity index (χ1v) is 10.6. The number of hydrogen-bond donors (Lipinski definition) is 1. The van der Waals surface area contributed by atoms with Crippen LogP contribution in [0.4, 0.5) is 4.39 Å². The highest BCUT2D eigenvalue weighted by molar-refractivity contribution is 7.99. The zero-order valence-corrected chi connectivity index (χ0v) is 17.8. The van der Waals surface area contributed by atoms with E-state index in [0.29, 0.717) is 30.0 Å². The van der Waals surface area contributed by atoms with Crippen LogP contribution in [-0.2, 0) is 21.9 Å². The minimum atomic E-state index is -0.576. The molecule has 29 heavy (non-hydrogen) atoms. The minimum Gasteiger partial charge on any atom is -0.497 e. The summed E-state index contributed by atoms with van der Waals surface area (Å²) in [5.41, 5.74) is 1.43. The number of carbonyl (C=O) groups excluding carboxylic acids is 2. The Bertz CT molecular complexity index is 831. The van der Waals surface area contributed by atoms with Crippen molar-refractivity contribution in [2.45, 2.75) is 31.7 Å². The summed E-state index contributed by atoms with van der Waals surface area (Å²) >= 11 is 1.33. The second kappa shape index (κ2) is 11.5. The fourth-order valence-electron chi connectivity index (χ4n) is 3.00. The van der Waals surface area contributed by atoms with Crippen molar-refractivity contribution in [1.29, 1.82) is 0 Å². The van der Waals surface area contributed by atoms with Crippen LogP contribution in [0.2, 0.25) is 0 Å². The molecule has 0 saturated carbocycles. The maximum Gasteiger partial charge on any atom is 0.242 e. The lowest BCUT2D eigenvalue weighted by Gasteiger charge is -2.30. The number of thioether (sulfide) groups is 1. The molecule has 2 aromatic carbocycles. The van der Waals surface area contributed by atoms with E-state index in [2.05, 4.69) is 5.32 Å². The second-order valence-electron chi connectivity index (χ2n) is 6.50. The zero-order chi connectivity index (χ0) is 21.2. The summed E-state index contributed by atoms with van der Waals surface area (Å²) < 4.78 is 19.0. The largest absolute Gasteiger partial charge is 0.497 e. The first-order chi connectivity index (χ1) is 14.0. The first kappa shape index (κ1) is 22.7. The molecule has 0 unspecified atom stereocenters. The molecule has 0 aromatic heterocycles. The Morgan fingerprint density at radius 3 is 2.62 bits per heavy atom. The molecule has 7 heteroatoms. The van der Waals surface area contributed by atoms with Gasteiger partial charge in [-0.1, -0.05) is 37.3 Å². The lowest BCUT2D eigenvalue weighted by atomic mass is 10.1. The summed E-state index contributed by atoms with van der Waals surface area (Å²) in [6.07, 6.45) is 0.493. The van der Waals surface area contributed by atoms with Crippen molar-refractivity contribution in [3.8, 4) is 5.75 Å². The molecule has 0 spiro atoms. The molecular formula is C22H27FN2O3S. The quantitative estimate of drug-likeness (QED) is 0.640. The molecule has 0 fully saturated rings. The fraction of sp³-hybridized carbons (Fsp3) is 0.364. The molecule has 2 amide bonds. The molecular weight excluding hydrogens is 391 g/mol. The number of hydrogen-bond acceptors (Lipinski definition) is 4. The van der Waals surface area contributed by atoms with Crippen LogP contribution in [0.5, 0.6) is 5.75 Å². The second-order valence-corrected chi connectivity index (χ2v) is 7.48. The molecule has 0 aliphatic heterocycles. The number of halogens is 1. The van der Waals surface area contributed by atoms with Gasteiger partial charge in [-0.15, -0.1) is 11.8 Å². The van der Waals surface area contributed by atoms with E-state index in [1.807, 2.05) is 31.2 Å². The van der Waals surface area contributed by atoms with Crippen molar-refractivity contribution in [3.63, 3.8) is 0 Å². The normalized spacial score (nSPS) is 11.6. The molecule has 156 valence electrons. The molecule has 1 N–H and O–H groups in total. The monoisotopic (exact) mass is 418 g/mol. The maximum atomic E-state index is 13.8. The average molecular weight is 419 g/mol. The van der Waals surface area contributed by atoms with Crippen molar-refractivity contribution in [1.82, 2.24) is 10.2 Å². The average Bonchev–Trinajstić information content (AvgIpc) is 2.74. The summed E-state index contributed by atoms with van der Waals surface area (Å²) in [7, 11) is 3.15. The van der Waals surface area contributed by atoms with Crippen molar-refractivity contribution in [2.24, 2.45) is 0 Å². The van der Waals surface area contributed by atoms with Crippen molar-refractivity contribution >= 4 is 23.6 Å². The van der Waals surface area contributed by atoms with Gasteiger partial charge in [0, 0.05) is 19.3 Å². The molecule has 0 heterocycles. The lowest BCUT2D eigenvalue weighted by molar-refractivity contribution is -0.139. The number of rotatable bonds is 10. The number of nitrogens with one attached hydrogen (secondary N) is 1. The van der Waals surface area contributed by atoms with Gasteiger partial charge in [0.15, 0.2) is 0 Å². The van der Waals surface area contributed by atoms with E-state index >= 15 is 0 Å². The van der Waals surface area contributed by atoms with Crippen molar-refractivity contribution in [2.75, 3.05) is 19.9 Å². The summed E-state index contributed by atoms with van der Waals surface area (Å²) in [6, 6.07) is 13.4. The summed E-state index contributed by atoms with van der Waals surface area (Å²) in [6.45, 7) is 2.17. The van der Waals surface area contributed by atoms with Crippen molar-refractivity contribution < 1.29 is 18.7 Å². The SMILES string of the molecule is CC[C@@H](C(=O)NC)N(Cc1cccc(OC)c1)C(=O)CSCc1ccccc1F. The number of amides is 2. The highest BCUT2D eigenvalue weighted by Crippen LogP contribution is 2.20. The van der Waals surface area contributed by atoms with Gasteiger partial charge in [-0.2, -0.15) is 0 Å². The van der Waals surface area contributed by atoms with Gasteiger partial charge in [-0.3, -0.25) is 9.59 Å². The van der Waals surface area contributed by atoms with E-state index in [1.54, 1.807) is 37.3 Å². The Labute approximate surface area is 175 Å². The Morgan fingerprint density at radius 2 is 1.97 bits per heavy atom. The standard InChI is InChI=1S/C22H27FN2O3S/c1-4-20(22(27)24-2)25(13-16-8-7-10-18(12-16)28-3)21(26)15-29-14-17-9-5-6-11-19(17)23/h5-12,20H,4,13-15H2,1-3H3,(H,24,27)/t20-/m0/s1. The van der Waals surface area contributed by atoms with Crippen LogP contribution in [0.3, 0.4) is 0 Å². The Kier molecular flexibility index (Phi) is 8.99. The summed E-state index contributed by atoms with van der Waals surface area (Å²) in [5.74, 6) is 0.593.